The summed E-state index contributed by atoms with van der Waals surface area (Å²) in [5.74, 6) is 0.232. The highest BCUT2D eigenvalue weighted by Gasteiger charge is 2.27. The Kier molecular flexibility index (Phi) is 7.77. The van der Waals surface area contributed by atoms with E-state index in [1.54, 1.807) is 38.4 Å². The number of amides is 2. The predicted molar refractivity (Wildman–Crippen MR) is 128 cm³/mol. The van der Waals surface area contributed by atoms with Crippen LogP contribution in [0.15, 0.2) is 59.7 Å². The van der Waals surface area contributed by atoms with Crippen LogP contribution in [0.25, 0.3) is 12.2 Å². The fourth-order valence-electron chi connectivity index (χ4n) is 4.10. The van der Waals surface area contributed by atoms with Gasteiger partial charge in [0, 0.05) is 36.4 Å². The highest BCUT2D eigenvalue weighted by molar-refractivity contribution is 6.14. The quantitative estimate of drug-likeness (QED) is 0.655. The minimum absolute atomic E-state index is 0.0723. The van der Waals surface area contributed by atoms with Crippen LogP contribution in [0.1, 0.15) is 64.4 Å². The molecule has 1 unspecified atom stereocenters. The van der Waals surface area contributed by atoms with Crippen molar-refractivity contribution in [1.82, 2.24) is 10.6 Å². The maximum absolute atomic E-state index is 13.3. The summed E-state index contributed by atoms with van der Waals surface area (Å²) in [6.45, 7) is 2.16. The Labute approximate surface area is 189 Å². The summed E-state index contributed by atoms with van der Waals surface area (Å²) in [6.07, 6.45) is 7.54. The van der Waals surface area contributed by atoms with Gasteiger partial charge in [-0.3, -0.25) is 14.4 Å². The molecule has 0 bridgehead atoms. The molecule has 1 saturated carbocycles. The lowest BCUT2D eigenvalue weighted by atomic mass is 9.78. The van der Waals surface area contributed by atoms with Gasteiger partial charge in [-0.2, -0.15) is 0 Å². The van der Waals surface area contributed by atoms with Gasteiger partial charge in [0.2, 0.25) is 0 Å². The smallest absolute Gasteiger partial charge is 0.251 e. The summed E-state index contributed by atoms with van der Waals surface area (Å²) in [7, 11) is 3.21. The molecular formula is C27H30N2O3. The van der Waals surface area contributed by atoms with Crippen molar-refractivity contribution in [2.75, 3.05) is 14.1 Å². The molecule has 1 aliphatic carbocycles. The third-order valence-electron chi connectivity index (χ3n) is 5.78. The summed E-state index contributed by atoms with van der Waals surface area (Å²) >= 11 is 0. The normalized spacial score (nSPS) is 18.6. The lowest BCUT2D eigenvalue weighted by molar-refractivity contribution is -0.113. The predicted octanol–water partition coefficient (Wildman–Crippen LogP) is 4.65. The Hall–Kier alpha value is -3.47. The molecule has 0 aliphatic heterocycles. The van der Waals surface area contributed by atoms with Gasteiger partial charge in [0.25, 0.3) is 11.8 Å². The van der Waals surface area contributed by atoms with E-state index in [1.165, 1.54) is 0 Å². The van der Waals surface area contributed by atoms with Crippen molar-refractivity contribution in [3.8, 4) is 0 Å². The Bertz CT molecular complexity index is 966. The van der Waals surface area contributed by atoms with Crippen molar-refractivity contribution in [2.24, 2.45) is 5.92 Å². The number of nitrogens with one attached hydrogen (secondary N) is 2. The number of carbonyl (C=O) groups is 3. The average Bonchev–Trinajstić information content (AvgIpc) is 2.82. The summed E-state index contributed by atoms with van der Waals surface area (Å²) < 4.78 is 0. The maximum Gasteiger partial charge on any atom is 0.251 e. The second-order valence-corrected chi connectivity index (χ2v) is 8.13. The number of benzene rings is 2. The first-order chi connectivity index (χ1) is 15.4. The van der Waals surface area contributed by atoms with Crippen molar-refractivity contribution in [3.63, 3.8) is 0 Å². The van der Waals surface area contributed by atoms with E-state index in [4.69, 9.17) is 0 Å². The topological polar surface area (TPSA) is 75.3 Å². The fraction of sp³-hybridized carbons (Fsp3) is 0.296. The molecule has 0 radical (unpaired) electrons. The molecule has 32 heavy (non-hydrogen) atoms. The molecule has 0 spiro atoms. The lowest BCUT2D eigenvalue weighted by Crippen LogP contribution is -2.20. The van der Waals surface area contributed by atoms with Gasteiger partial charge in [-0.1, -0.05) is 44.0 Å². The summed E-state index contributed by atoms with van der Waals surface area (Å²) in [5, 5.41) is 5.23. The molecule has 3 rings (SSSR count). The van der Waals surface area contributed by atoms with Crippen molar-refractivity contribution in [1.29, 1.82) is 0 Å². The first-order valence-electron chi connectivity index (χ1n) is 11.0. The van der Waals surface area contributed by atoms with Crippen molar-refractivity contribution in [2.45, 2.75) is 32.6 Å². The molecule has 0 aromatic heterocycles. The average molecular weight is 431 g/mol. The standard InChI is InChI=1S/C27H30N2O3/c1-4-5-20-16-23(14-18-6-10-21(11-7-18)26(31)28-2)25(30)24(17-20)15-19-8-12-22(13-9-19)27(32)29-3/h6-15,20H,4-5,16-17H2,1-3H3,(H,28,31)(H,29,32)/b23-14-,24-15+. The van der Waals surface area contributed by atoms with Gasteiger partial charge >= 0.3 is 0 Å². The van der Waals surface area contributed by atoms with Gasteiger partial charge in [0.1, 0.15) is 0 Å². The van der Waals surface area contributed by atoms with Crippen molar-refractivity contribution >= 4 is 29.7 Å². The summed E-state index contributed by atoms with van der Waals surface area (Å²) in [5.41, 5.74) is 4.61. The maximum atomic E-state index is 13.3. The van der Waals surface area contributed by atoms with Crippen LogP contribution < -0.4 is 10.6 Å². The minimum Gasteiger partial charge on any atom is -0.355 e. The zero-order valence-corrected chi connectivity index (χ0v) is 18.9. The molecule has 1 fully saturated rings. The van der Waals surface area contributed by atoms with Gasteiger partial charge < -0.3 is 10.6 Å². The van der Waals surface area contributed by atoms with E-state index in [2.05, 4.69) is 17.6 Å². The van der Waals surface area contributed by atoms with Crippen LogP contribution in [-0.4, -0.2) is 31.7 Å². The Morgan fingerprint density at radius 1 is 0.812 bits per heavy atom. The van der Waals surface area contributed by atoms with E-state index < -0.39 is 0 Å². The second kappa shape index (κ2) is 10.7. The molecule has 5 nitrogen and oxygen atoms in total. The van der Waals surface area contributed by atoms with E-state index >= 15 is 0 Å². The monoisotopic (exact) mass is 430 g/mol. The number of allylic oxidation sites excluding steroid dienone is 2. The van der Waals surface area contributed by atoms with Gasteiger partial charge in [-0.05, 0) is 66.3 Å². The van der Waals surface area contributed by atoms with Crippen LogP contribution >= 0.6 is 0 Å². The molecule has 2 aromatic carbocycles. The van der Waals surface area contributed by atoms with E-state index in [0.717, 1.165) is 48.0 Å². The zero-order chi connectivity index (χ0) is 23.1. The Balaban J connectivity index is 1.88. The first-order valence-corrected chi connectivity index (χ1v) is 11.0. The van der Waals surface area contributed by atoms with E-state index in [-0.39, 0.29) is 17.6 Å². The van der Waals surface area contributed by atoms with Gasteiger partial charge in [-0.15, -0.1) is 0 Å². The SMILES string of the molecule is CCCC1C/C(=C/c2ccc(C(=O)NC)cc2)C(=O)/C(=C/c2ccc(C(=O)NC)cc2)C1. The minimum atomic E-state index is -0.131. The van der Waals surface area contributed by atoms with Gasteiger partial charge in [-0.25, -0.2) is 0 Å². The number of ketones is 1. The number of hydrogen-bond donors (Lipinski definition) is 2. The number of Topliss-reactive ketones (excluding diaryl/α,β-unsaturated/α-hetero) is 1. The highest BCUT2D eigenvalue weighted by atomic mass is 16.2. The molecule has 2 N–H and O–H groups in total. The molecule has 2 aromatic rings. The van der Waals surface area contributed by atoms with Crippen LogP contribution in [0.2, 0.25) is 0 Å². The van der Waals surface area contributed by atoms with Crippen molar-refractivity contribution in [3.05, 3.63) is 81.9 Å². The Morgan fingerprint density at radius 3 is 1.56 bits per heavy atom. The molecule has 1 atom stereocenters. The highest BCUT2D eigenvalue weighted by Crippen LogP contribution is 2.35. The van der Waals surface area contributed by atoms with Crippen LogP contribution in [0, 0.1) is 5.92 Å². The fourth-order valence-corrected chi connectivity index (χ4v) is 4.10. The molecule has 1 aliphatic rings. The third-order valence-corrected chi connectivity index (χ3v) is 5.78. The molecule has 166 valence electrons. The van der Waals surface area contributed by atoms with Gasteiger partial charge in [0.15, 0.2) is 5.78 Å². The second-order valence-electron chi connectivity index (χ2n) is 8.13. The summed E-state index contributed by atoms with van der Waals surface area (Å²) in [4.78, 5) is 36.8. The van der Waals surface area contributed by atoms with E-state index in [0.29, 0.717) is 17.0 Å². The molecule has 0 saturated heterocycles. The van der Waals surface area contributed by atoms with Crippen molar-refractivity contribution < 1.29 is 14.4 Å². The van der Waals surface area contributed by atoms with Crippen LogP contribution in [0.3, 0.4) is 0 Å². The number of rotatable bonds is 6. The Morgan fingerprint density at radius 2 is 1.22 bits per heavy atom. The largest absolute Gasteiger partial charge is 0.355 e. The summed E-state index contributed by atoms with van der Waals surface area (Å²) in [6, 6.07) is 14.6. The molecule has 0 heterocycles. The zero-order valence-electron chi connectivity index (χ0n) is 18.9. The lowest BCUT2D eigenvalue weighted by Gasteiger charge is -2.25. The van der Waals surface area contributed by atoms with Crippen LogP contribution in [0.5, 0.6) is 0 Å². The number of carbonyl (C=O) groups excluding carboxylic acids is 3. The molecule has 2 amide bonds. The third kappa shape index (κ3) is 5.61. The number of hydrogen-bond acceptors (Lipinski definition) is 3. The van der Waals surface area contributed by atoms with Crippen LogP contribution in [-0.2, 0) is 4.79 Å². The van der Waals surface area contributed by atoms with E-state index in [9.17, 15) is 14.4 Å². The first kappa shape index (κ1) is 23.2. The molecule has 5 heteroatoms. The van der Waals surface area contributed by atoms with E-state index in [1.807, 2.05) is 36.4 Å². The van der Waals surface area contributed by atoms with Crippen LogP contribution in [0.4, 0.5) is 0 Å². The van der Waals surface area contributed by atoms with Gasteiger partial charge in [0.05, 0.1) is 0 Å². The molecular weight excluding hydrogens is 400 g/mol.